The fourth-order valence-corrected chi connectivity index (χ4v) is 7.66. The molecule has 4 atom stereocenters. The molecule has 3 saturated heterocycles. The van der Waals surface area contributed by atoms with E-state index in [1.807, 2.05) is 36.2 Å². The van der Waals surface area contributed by atoms with Crippen molar-refractivity contribution in [2.45, 2.75) is 24.5 Å². The molecule has 3 aliphatic heterocycles. The van der Waals surface area contributed by atoms with E-state index in [4.69, 9.17) is 9.47 Å². The van der Waals surface area contributed by atoms with E-state index < -0.39 is 46.2 Å². The molecule has 3 aliphatic rings. The topological polar surface area (TPSA) is 108 Å². The second kappa shape index (κ2) is 10.9. The Bertz CT molecular complexity index is 1200. The predicted molar refractivity (Wildman–Crippen MR) is 151 cm³/mol. The third-order valence-electron chi connectivity index (χ3n) is 9.32. The van der Waals surface area contributed by atoms with Crippen LogP contribution in [0.3, 0.4) is 0 Å². The van der Waals surface area contributed by atoms with Crippen molar-refractivity contribution in [3.05, 3.63) is 60.2 Å². The Balaban J connectivity index is 1.83. The molecule has 2 aromatic heterocycles. The Morgan fingerprint density at radius 2 is 1.22 bits per heavy atom. The molecule has 0 saturated carbocycles. The second-order valence-corrected chi connectivity index (χ2v) is 12.1. The number of methoxy groups -OCH3 is 2. The van der Waals surface area contributed by atoms with Crippen LogP contribution in [-0.2, 0) is 23.9 Å². The Morgan fingerprint density at radius 1 is 0.780 bits per heavy atom. The molecule has 11 heteroatoms. The number of pyridine rings is 2. The summed E-state index contributed by atoms with van der Waals surface area (Å²) in [4.78, 5) is 61.3. The van der Waals surface area contributed by atoms with Crippen LogP contribution in [0.25, 0.3) is 0 Å². The molecule has 2 aromatic rings. The summed E-state index contributed by atoms with van der Waals surface area (Å²) < 4.78 is 10.9. The van der Waals surface area contributed by atoms with E-state index in [9.17, 15) is 9.59 Å². The average molecular weight is 565 g/mol. The number of likely N-dealkylation sites (N-methyl/N-ethyl adjacent to an activating group) is 2. The van der Waals surface area contributed by atoms with Gasteiger partial charge in [0.1, 0.15) is 0 Å². The van der Waals surface area contributed by atoms with Crippen LogP contribution in [0.15, 0.2) is 48.8 Å². The Hall–Kier alpha value is -3.25. The third-order valence-corrected chi connectivity index (χ3v) is 9.32. The Morgan fingerprint density at radius 3 is 1.59 bits per heavy atom. The molecule has 0 spiro atoms. The van der Waals surface area contributed by atoms with Gasteiger partial charge in [0.15, 0.2) is 16.6 Å². The number of carbonyl (C=O) groups excluding carboxylic acids is 3. The molecule has 0 N–H and O–H groups in total. The van der Waals surface area contributed by atoms with Gasteiger partial charge in [-0.3, -0.25) is 34.2 Å². The van der Waals surface area contributed by atoms with Gasteiger partial charge in [0, 0.05) is 57.2 Å². The molecule has 5 rings (SSSR count). The summed E-state index contributed by atoms with van der Waals surface area (Å²) >= 11 is 0. The smallest absolute Gasteiger partial charge is 0.322 e. The molecular weight excluding hydrogens is 524 g/mol. The predicted octanol–water partition coefficient (Wildman–Crippen LogP) is 1.04. The summed E-state index contributed by atoms with van der Waals surface area (Å²) in [6, 6.07) is 9.21. The molecule has 3 fully saturated rings. The summed E-state index contributed by atoms with van der Waals surface area (Å²) in [7, 11) is 8.54. The number of ether oxygens (including phenoxy) is 2. The van der Waals surface area contributed by atoms with Crippen LogP contribution in [0.4, 0.5) is 0 Å². The first-order valence-corrected chi connectivity index (χ1v) is 13.9. The Labute approximate surface area is 241 Å². The van der Waals surface area contributed by atoms with Gasteiger partial charge in [-0.1, -0.05) is 12.1 Å². The maximum Gasteiger partial charge on any atom is 0.322 e. The van der Waals surface area contributed by atoms with Crippen LogP contribution < -0.4 is 0 Å². The molecule has 11 nitrogen and oxygen atoms in total. The van der Waals surface area contributed by atoms with Gasteiger partial charge in [0.25, 0.3) is 0 Å². The first-order valence-electron chi connectivity index (χ1n) is 13.9. The van der Waals surface area contributed by atoms with Crippen LogP contribution in [0, 0.1) is 10.8 Å². The molecule has 5 heterocycles. The average Bonchev–Trinajstić information content (AvgIpc) is 3.10. The van der Waals surface area contributed by atoms with Gasteiger partial charge >= 0.3 is 11.9 Å². The van der Waals surface area contributed by atoms with E-state index in [0.29, 0.717) is 24.5 Å². The fraction of sp³-hybridized carbons (Fsp3) is 0.567. The zero-order valence-corrected chi connectivity index (χ0v) is 24.7. The molecule has 220 valence electrons. The van der Waals surface area contributed by atoms with Gasteiger partial charge in [0.2, 0.25) is 0 Å². The van der Waals surface area contributed by atoms with Crippen molar-refractivity contribution >= 4 is 17.7 Å². The summed E-state index contributed by atoms with van der Waals surface area (Å²) in [5.41, 5.74) is -2.96. The lowest BCUT2D eigenvalue weighted by molar-refractivity contribution is -0.209. The zero-order valence-electron chi connectivity index (χ0n) is 24.7. The minimum absolute atomic E-state index is 0.0654. The SMILES string of the molecule is COC(=O)C12CN(C3(C)CN(C)CCN(C)C3)CC(C(=O)OC)(C1=O)C(c1ccccn1)N(C)C2c1ccccn1. The number of ketones is 1. The molecule has 0 aromatic carbocycles. The second-order valence-electron chi connectivity index (χ2n) is 12.1. The Kier molecular flexibility index (Phi) is 7.75. The molecule has 4 unspecified atom stereocenters. The molecule has 41 heavy (non-hydrogen) atoms. The lowest BCUT2D eigenvalue weighted by atomic mass is 9.54. The number of carbonyl (C=O) groups is 3. The number of nitrogens with zero attached hydrogens (tertiary/aromatic N) is 6. The van der Waals surface area contributed by atoms with E-state index >= 15 is 4.79 Å². The van der Waals surface area contributed by atoms with Gasteiger partial charge in [-0.25, -0.2) is 0 Å². The number of likely N-dealkylation sites (tertiary alicyclic amines) is 2. The van der Waals surface area contributed by atoms with Crippen molar-refractivity contribution in [3.8, 4) is 0 Å². The molecule has 0 aliphatic carbocycles. The number of aromatic nitrogens is 2. The number of piperidine rings is 2. The standard InChI is InChI=1S/C30H40N6O5/c1-28(17-33(2)15-16-34(3)18-28)36-19-29(26(38)40-5)23(21-11-7-9-13-31-21)35(4)24(22-12-8-10-14-32-22)30(20-36,25(29)37)27(39)41-6/h7-14,23-24H,15-20H2,1-6H3. The molecule has 2 bridgehead atoms. The zero-order chi connectivity index (χ0) is 29.6. The fourth-order valence-electron chi connectivity index (χ4n) is 7.66. The van der Waals surface area contributed by atoms with E-state index in [1.54, 1.807) is 24.5 Å². The third kappa shape index (κ3) is 4.46. The first kappa shape index (κ1) is 29.2. The quantitative estimate of drug-likeness (QED) is 0.384. The van der Waals surface area contributed by atoms with E-state index in [1.165, 1.54) is 14.2 Å². The van der Waals surface area contributed by atoms with E-state index in [0.717, 1.165) is 13.1 Å². The number of esters is 2. The summed E-state index contributed by atoms with van der Waals surface area (Å²) in [6.45, 7) is 5.38. The van der Waals surface area contributed by atoms with Crippen LogP contribution in [0.2, 0.25) is 0 Å². The number of Topliss-reactive ketones (excluding diaryl/α,β-unsaturated/α-hetero) is 1. The van der Waals surface area contributed by atoms with E-state index in [2.05, 4.69) is 45.7 Å². The number of hydrogen-bond acceptors (Lipinski definition) is 11. The van der Waals surface area contributed by atoms with Gasteiger partial charge in [-0.15, -0.1) is 0 Å². The van der Waals surface area contributed by atoms with Gasteiger partial charge in [-0.05, 0) is 52.3 Å². The van der Waals surface area contributed by atoms with Crippen molar-refractivity contribution in [1.82, 2.24) is 29.6 Å². The minimum Gasteiger partial charge on any atom is -0.468 e. The largest absolute Gasteiger partial charge is 0.468 e. The van der Waals surface area contributed by atoms with Gasteiger partial charge in [-0.2, -0.15) is 0 Å². The van der Waals surface area contributed by atoms with Crippen molar-refractivity contribution in [3.63, 3.8) is 0 Å². The van der Waals surface area contributed by atoms with Crippen LogP contribution >= 0.6 is 0 Å². The highest BCUT2D eigenvalue weighted by molar-refractivity contribution is 6.17. The lowest BCUT2D eigenvalue weighted by Gasteiger charge is -2.63. The van der Waals surface area contributed by atoms with Crippen LogP contribution in [-0.4, -0.2) is 127 Å². The van der Waals surface area contributed by atoms with Gasteiger partial charge < -0.3 is 19.3 Å². The summed E-state index contributed by atoms with van der Waals surface area (Å²) in [5, 5.41) is 0. The molecule has 0 amide bonds. The highest BCUT2D eigenvalue weighted by Crippen LogP contribution is 2.60. The summed E-state index contributed by atoms with van der Waals surface area (Å²) in [5.74, 6) is -1.90. The van der Waals surface area contributed by atoms with Crippen LogP contribution in [0.1, 0.15) is 30.4 Å². The minimum atomic E-state index is -1.76. The maximum atomic E-state index is 15.2. The maximum absolute atomic E-state index is 15.2. The van der Waals surface area contributed by atoms with Crippen molar-refractivity contribution < 1.29 is 23.9 Å². The van der Waals surface area contributed by atoms with Crippen molar-refractivity contribution in [2.75, 3.05) is 74.6 Å². The monoisotopic (exact) mass is 564 g/mol. The number of hydrogen-bond donors (Lipinski definition) is 0. The van der Waals surface area contributed by atoms with Crippen molar-refractivity contribution in [1.29, 1.82) is 0 Å². The van der Waals surface area contributed by atoms with Crippen LogP contribution in [0.5, 0.6) is 0 Å². The molecule has 0 radical (unpaired) electrons. The molecular formula is C30H40N6O5. The number of rotatable bonds is 5. The number of fused-ring (bicyclic) bond motifs is 2. The summed E-state index contributed by atoms with van der Waals surface area (Å²) in [6.07, 6.45) is 3.29. The van der Waals surface area contributed by atoms with Gasteiger partial charge in [0.05, 0.1) is 37.7 Å². The highest BCUT2D eigenvalue weighted by atomic mass is 16.5. The first-order chi connectivity index (χ1) is 19.5. The lowest BCUT2D eigenvalue weighted by Crippen LogP contribution is -2.78. The highest BCUT2D eigenvalue weighted by Gasteiger charge is 2.76. The van der Waals surface area contributed by atoms with Crippen molar-refractivity contribution in [2.24, 2.45) is 10.8 Å². The normalized spacial score (nSPS) is 31.3. The van der Waals surface area contributed by atoms with E-state index in [-0.39, 0.29) is 13.1 Å².